The molecule has 0 spiro atoms. The van der Waals surface area contributed by atoms with Crippen LogP contribution in [0, 0.1) is 0 Å². The molecule has 1 aliphatic heterocycles. The predicted octanol–water partition coefficient (Wildman–Crippen LogP) is 7.12. The lowest BCUT2D eigenvalue weighted by molar-refractivity contribution is 0.0924. The van der Waals surface area contributed by atoms with E-state index in [9.17, 15) is 4.79 Å². The highest BCUT2D eigenvalue weighted by molar-refractivity contribution is 6.39. The normalized spacial score (nSPS) is 15.2. The van der Waals surface area contributed by atoms with Crippen molar-refractivity contribution in [3.05, 3.63) is 93.1 Å². The van der Waals surface area contributed by atoms with E-state index >= 15 is 0 Å². The van der Waals surface area contributed by atoms with E-state index in [0.29, 0.717) is 44.6 Å². The molecule has 0 fully saturated rings. The largest absolute Gasteiger partial charge is 0.493 e. The van der Waals surface area contributed by atoms with Crippen molar-refractivity contribution in [1.82, 2.24) is 10.3 Å². The Labute approximate surface area is 200 Å². The number of hydrogen-bond acceptors (Lipinski definition) is 3. The number of benzene rings is 3. The zero-order valence-electron chi connectivity index (χ0n) is 16.7. The van der Waals surface area contributed by atoms with Crippen LogP contribution in [0.15, 0.2) is 66.9 Å². The van der Waals surface area contributed by atoms with Crippen LogP contribution in [0.4, 0.5) is 0 Å². The maximum atomic E-state index is 13.1. The number of halogens is 3. The summed E-state index contributed by atoms with van der Waals surface area (Å²) in [5.41, 5.74) is 3.61. The Bertz CT molecular complexity index is 1340. The van der Waals surface area contributed by atoms with Gasteiger partial charge in [-0.3, -0.25) is 9.78 Å². The van der Waals surface area contributed by atoms with Gasteiger partial charge in [-0.05, 0) is 29.8 Å². The molecule has 160 valence electrons. The van der Waals surface area contributed by atoms with Gasteiger partial charge >= 0.3 is 0 Å². The molecule has 0 unspecified atom stereocenters. The number of pyridine rings is 1. The van der Waals surface area contributed by atoms with Crippen molar-refractivity contribution in [2.75, 3.05) is 6.61 Å². The molecule has 2 heterocycles. The molecular formula is C25H17Cl3N2O2. The second-order valence-electron chi connectivity index (χ2n) is 7.55. The summed E-state index contributed by atoms with van der Waals surface area (Å²) < 4.78 is 5.69. The van der Waals surface area contributed by atoms with Gasteiger partial charge in [-0.1, -0.05) is 71.2 Å². The number of amides is 1. The van der Waals surface area contributed by atoms with Gasteiger partial charge in [0.1, 0.15) is 5.75 Å². The summed E-state index contributed by atoms with van der Waals surface area (Å²) in [6.07, 6.45) is 2.20. The van der Waals surface area contributed by atoms with E-state index in [1.807, 2.05) is 54.6 Å². The molecule has 0 aliphatic carbocycles. The minimum Gasteiger partial charge on any atom is -0.493 e. The number of fused-ring (bicyclic) bond motifs is 2. The third-order valence-corrected chi connectivity index (χ3v) is 6.36. The maximum Gasteiger partial charge on any atom is 0.254 e. The summed E-state index contributed by atoms with van der Waals surface area (Å²) in [5.74, 6) is 0.513. The van der Waals surface area contributed by atoms with E-state index in [0.717, 1.165) is 22.4 Å². The number of ether oxygens (including phenoxy) is 1. The Balaban J connectivity index is 1.51. The van der Waals surface area contributed by atoms with Crippen molar-refractivity contribution in [3.63, 3.8) is 0 Å². The average Bonchev–Trinajstić information content (AvgIpc) is 2.78. The number of nitrogens with one attached hydrogen (secondary N) is 1. The standard InChI is InChI=1S/C25H17Cl3N2O2/c26-15-10-14(11-16(27)12-15)17-5-3-6-19-23(28)20(13-29-24(17)19)25(31)30-21-8-9-32-22-7-2-1-4-18(21)22/h1-7,10-13,21H,8-9H2,(H,30,31)/t21-/m0/s1. The van der Waals surface area contributed by atoms with Crippen molar-refractivity contribution in [3.8, 4) is 16.9 Å². The molecule has 0 bridgehead atoms. The van der Waals surface area contributed by atoms with Crippen LogP contribution in [0.2, 0.25) is 15.1 Å². The summed E-state index contributed by atoms with van der Waals surface area (Å²) in [4.78, 5) is 17.7. The second kappa shape index (κ2) is 8.62. The van der Waals surface area contributed by atoms with Crippen molar-refractivity contribution in [2.24, 2.45) is 0 Å². The van der Waals surface area contributed by atoms with E-state index < -0.39 is 0 Å². The summed E-state index contributed by atoms with van der Waals surface area (Å²) >= 11 is 19.1. The molecule has 4 nitrogen and oxygen atoms in total. The van der Waals surface area contributed by atoms with Crippen LogP contribution in [0.25, 0.3) is 22.0 Å². The van der Waals surface area contributed by atoms with Gasteiger partial charge in [0.15, 0.2) is 0 Å². The topological polar surface area (TPSA) is 51.2 Å². The molecule has 7 heteroatoms. The van der Waals surface area contributed by atoms with E-state index in [1.165, 1.54) is 6.20 Å². The SMILES string of the molecule is O=C(N[C@H]1CCOc2ccccc21)c1cnc2c(-c3cc(Cl)cc(Cl)c3)cccc2c1Cl. The van der Waals surface area contributed by atoms with Gasteiger partial charge in [0.2, 0.25) is 0 Å². The van der Waals surface area contributed by atoms with Crippen molar-refractivity contribution < 1.29 is 9.53 Å². The Morgan fingerprint density at radius 1 is 1.00 bits per heavy atom. The Kier molecular flexibility index (Phi) is 5.68. The summed E-state index contributed by atoms with van der Waals surface area (Å²) in [7, 11) is 0. The van der Waals surface area contributed by atoms with Crippen LogP contribution in [0.3, 0.4) is 0 Å². The lowest BCUT2D eigenvalue weighted by atomic mass is 9.99. The first-order chi connectivity index (χ1) is 15.5. The van der Waals surface area contributed by atoms with Gasteiger partial charge in [-0.15, -0.1) is 0 Å². The van der Waals surface area contributed by atoms with E-state index in [-0.39, 0.29) is 11.9 Å². The lowest BCUT2D eigenvalue weighted by Crippen LogP contribution is -2.32. The molecule has 3 aromatic carbocycles. The van der Waals surface area contributed by atoms with Crippen LogP contribution in [0.5, 0.6) is 5.75 Å². The third kappa shape index (κ3) is 3.90. The molecule has 1 aromatic heterocycles. The Hall–Kier alpha value is -2.79. The van der Waals surface area contributed by atoms with Crippen molar-refractivity contribution >= 4 is 51.6 Å². The fourth-order valence-corrected chi connectivity index (χ4v) is 4.83. The molecule has 1 amide bonds. The minimum atomic E-state index is -0.276. The monoisotopic (exact) mass is 482 g/mol. The fraction of sp³-hybridized carbons (Fsp3) is 0.120. The second-order valence-corrected chi connectivity index (χ2v) is 8.80. The molecule has 5 rings (SSSR count). The molecule has 0 saturated carbocycles. The first kappa shape index (κ1) is 21.1. The lowest BCUT2D eigenvalue weighted by Gasteiger charge is -2.26. The molecule has 0 radical (unpaired) electrons. The molecule has 1 atom stereocenters. The first-order valence-corrected chi connectivity index (χ1v) is 11.2. The summed E-state index contributed by atoms with van der Waals surface area (Å²) in [6.45, 7) is 0.539. The molecule has 1 aliphatic rings. The fourth-order valence-electron chi connectivity index (χ4n) is 4.02. The zero-order valence-corrected chi connectivity index (χ0v) is 19.0. The molecule has 4 aromatic rings. The number of hydrogen-bond donors (Lipinski definition) is 1. The predicted molar refractivity (Wildman–Crippen MR) is 129 cm³/mol. The van der Waals surface area contributed by atoms with E-state index in [1.54, 1.807) is 6.07 Å². The van der Waals surface area contributed by atoms with Gasteiger partial charge in [-0.25, -0.2) is 0 Å². The minimum absolute atomic E-state index is 0.154. The van der Waals surface area contributed by atoms with Crippen molar-refractivity contribution in [2.45, 2.75) is 12.5 Å². The number of carbonyl (C=O) groups excluding carboxylic acids is 1. The molecule has 0 saturated heterocycles. The molecule has 1 N–H and O–H groups in total. The molecular weight excluding hydrogens is 467 g/mol. The Morgan fingerprint density at radius 2 is 1.78 bits per heavy atom. The Morgan fingerprint density at radius 3 is 2.59 bits per heavy atom. The first-order valence-electron chi connectivity index (χ1n) is 10.1. The highest BCUT2D eigenvalue weighted by Gasteiger charge is 2.25. The summed E-state index contributed by atoms with van der Waals surface area (Å²) in [6, 6.07) is 18.5. The van der Waals surface area contributed by atoms with Gasteiger partial charge in [0, 0.05) is 39.2 Å². The van der Waals surface area contributed by atoms with Crippen LogP contribution >= 0.6 is 34.8 Å². The van der Waals surface area contributed by atoms with Gasteiger partial charge in [-0.2, -0.15) is 0 Å². The van der Waals surface area contributed by atoms with Gasteiger partial charge in [0.05, 0.1) is 28.8 Å². The highest BCUT2D eigenvalue weighted by atomic mass is 35.5. The molecule has 32 heavy (non-hydrogen) atoms. The smallest absolute Gasteiger partial charge is 0.254 e. The van der Waals surface area contributed by atoms with Crippen LogP contribution in [0.1, 0.15) is 28.4 Å². The number of aromatic nitrogens is 1. The average molecular weight is 484 g/mol. The van der Waals surface area contributed by atoms with E-state index in [4.69, 9.17) is 39.5 Å². The zero-order chi connectivity index (χ0) is 22.2. The van der Waals surface area contributed by atoms with Crippen LogP contribution in [-0.4, -0.2) is 17.5 Å². The van der Waals surface area contributed by atoms with Crippen LogP contribution in [-0.2, 0) is 0 Å². The third-order valence-electron chi connectivity index (χ3n) is 5.51. The number of rotatable bonds is 3. The maximum absolute atomic E-state index is 13.1. The quantitative estimate of drug-likeness (QED) is 0.338. The highest BCUT2D eigenvalue weighted by Crippen LogP contribution is 2.36. The summed E-state index contributed by atoms with van der Waals surface area (Å²) in [5, 5.41) is 5.17. The van der Waals surface area contributed by atoms with E-state index in [2.05, 4.69) is 10.3 Å². The van der Waals surface area contributed by atoms with Crippen molar-refractivity contribution in [1.29, 1.82) is 0 Å². The van der Waals surface area contributed by atoms with Gasteiger partial charge in [0.25, 0.3) is 5.91 Å². The number of carbonyl (C=O) groups is 1. The number of para-hydroxylation sites is 2. The number of nitrogens with zero attached hydrogens (tertiary/aromatic N) is 1. The van der Waals surface area contributed by atoms with Crippen LogP contribution < -0.4 is 10.1 Å². The van der Waals surface area contributed by atoms with Gasteiger partial charge < -0.3 is 10.1 Å².